The van der Waals surface area contributed by atoms with E-state index in [0.717, 1.165) is 103 Å². The molecule has 14 nitrogen and oxygen atoms in total. The van der Waals surface area contributed by atoms with Crippen LogP contribution in [0.15, 0.2) is 60.9 Å². The van der Waals surface area contributed by atoms with Crippen LogP contribution in [0.3, 0.4) is 0 Å². The zero-order valence-electron chi connectivity index (χ0n) is 35.7. The van der Waals surface area contributed by atoms with E-state index in [0.29, 0.717) is 39.8 Å². The second-order valence-electron chi connectivity index (χ2n) is 16.7. The predicted octanol–water partition coefficient (Wildman–Crippen LogP) is 8.07. The van der Waals surface area contributed by atoms with Gasteiger partial charge in [-0.2, -0.15) is 10.2 Å². The Kier molecular flexibility index (Phi) is 13.7. The van der Waals surface area contributed by atoms with Gasteiger partial charge in [0.2, 0.25) is 0 Å². The second-order valence-corrected chi connectivity index (χ2v) is 17.1. The molecule has 10 rings (SSSR count). The normalized spacial score (nSPS) is 18.4. The van der Waals surface area contributed by atoms with Crippen LogP contribution >= 0.6 is 11.6 Å². The van der Waals surface area contributed by atoms with Gasteiger partial charge in [-0.1, -0.05) is 43.3 Å². The number of hydrogen-bond acceptors (Lipinski definition) is 10. The molecule has 15 heteroatoms. The zero-order valence-corrected chi connectivity index (χ0v) is 36.5. The number of aromatic nitrogens is 6. The number of benzene rings is 2. The first-order chi connectivity index (χ1) is 29.5. The highest BCUT2D eigenvalue weighted by molar-refractivity contribution is 6.30. The summed E-state index contributed by atoms with van der Waals surface area (Å²) in [6.07, 6.45) is 12.4. The third-order valence-electron chi connectivity index (χ3n) is 12.3. The summed E-state index contributed by atoms with van der Waals surface area (Å²) in [5, 5.41) is 13.1. The number of nitrogens with two attached hydrogens (primary N) is 2. The van der Waals surface area contributed by atoms with E-state index in [2.05, 4.69) is 27.2 Å². The van der Waals surface area contributed by atoms with E-state index in [9.17, 15) is 9.59 Å². The Labute approximate surface area is 369 Å². The maximum Gasteiger partial charge on any atom is 0.256 e. The van der Waals surface area contributed by atoms with Crippen molar-refractivity contribution in [3.05, 3.63) is 111 Å². The number of anilines is 3. The summed E-state index contributed by atoms with van der Waals surface area (Å²) >= 11 is 6.15. The van der Waals surface area contributed by atoms with Crippen molar-refractivity contribution in [1.82, 2.24) is 44.3 Å². The third-order valence-corrected chi connectivity index (χ3v) is 12.7. The number of nitrogen functional groups attached to an aromatic ring is 2. The van der Waals surface area contributed by atoms with Crippen molar-refractivity contribution in [1.29, 1.82) is 0 Å². The fourth-order valence-electron chi connectivity index (χ4n) is 8.59. The van der Waals surface area contributed by atoms with Gasteiger partial charge in [0.15, 0.2) is 11.3 Å². The van der Waals surface area contributed by atoms with Gasteiger partial charge >= 0.3 is 0 Å². The van der Waals surface area contributed by atoms with Gasteiger partial charge in [-0.15, -0.1) is 0 Å². The Morgan fingerprint density at radius 2 is 1.11 bits per heavy atom. The number of rotatable bonds is 5. The molecule has 328 valence electrons. The van der Waals surface area contributed by atoms with Crippen LogP contribution in [-0.2, 0) is 0 Å². The summed E-state index contributed by atoms with van der Waals surface area (Å²) in [7, 11) is 0. The number of carbonyl (C=O) groups excluding carboxylic acids is 2. The van der Waals surface area contributed by atoms with Gasteiger partial charge in [-0.25, -0.2) is 19.0 Å². The summed E-state index contributed by atoms with van der Waals surface area (Å²) in [5.41, 5.74) is 21.6. The van der Waals surface area contributed by atoms with Crippen molar-refractivity contribution >= 4 is 51.9 Å². The molecule has 0 spiro atoms. The molecular weight excluding hydrogens is 800 g/mol. The Balaban J connectivity index is 0.000000169. The number of nitrogens with one attached hydrogen (secondary N) is 1. The van der Waals surface area contributed by atoms with Gasteiger partial charge in [0.05, 0.1) is 34.6 Å². The van der Waals surface area contributed by atoms with E-state index in [4.69, 9.17) is 33.2 Å². The Morgan fingerprint density at radius 3 is 1.55 bits per heavy atom. The molecule has 4 saturated heterocycles. The molecule has 0 saturated carbocycles. The van der Waals surface area contributed by atoms with Crippen LogP contribution in [0.5, 0.6) is 0 Å². The molecule has 0 bridgehead atoms. The number of piperidine rings is 2. The lowest BCUT2D eigenvalue weighted by atomic mass is 9.96. The minimum absolute atomic E-state index is 0. The highest BCUT2D eigenvalue weighted by Crippen LogP contribution is 2.36. The standard InChI is InChI=1S/C23H28N6O.C20H22ClN5O.C3H7N.CH4/c1-15-7-5-8-17(24)21(15)23(30)28-12-4-3-9-19(28)18-13-20-25-22(27-10-6-11-27)16(2)14-29(20)26-18;1-12-6-5-7-14(22)18(12)20(27)25-9-4-3-8-16(25)15-10-17-23-19(21)13(2)11-26(17)24-15;1-2-4-3-1;/h5,7-8,13-14,19H,3-4,6,9-12,24H2,1-2H3;5-7,10-11,16H,3-4,8-9,22H2,1-2H3;4H,1-3H2;1H4/t19-;16-;;/m00../s1. The summed E-state index contributed by atoms with van der Waals surface area (Å²) in [6.45, 7) is 13.9. The van der Waals surface area contributed by atoms with Crippen LogP contribution in [0, 0.1) is 27.7 Å². The number of fused-ring (bicyclic) bond motifs is 2. The Hall–Kier alpha value is -5.73. The van der Waals surface area contributed by atoms with Gasteiger partial charge in [0.1, 0.15) is 11.0 Å². The van der Waals surface area contributed by atoms with Crippen LogP contribution in [-0.4, -0.2) is 90.1 Å². The summed E-state index contributed by atoms with van der Waals surface area (Å²) in [6, 6.07) is 15.0. The van der Waals surface area contributed by atoms with Gasteiger partial charge in [0, 0.05) is 73.2 Å². The number of amides is 2. The lowest BCUT2D eigenvalue weighted by molar-refractivity contribution is 0.0599. The van der Waals surface area contributed by atoms with E-state index in [1.807, 2.05) is 83.9 Å². The highest BCUT2D eigenvalue weighted by Gasteiger charge is 2.34. The molecule has 5 N–H and O–H groups in total. The average Bonchev–Trinajstić information content (AvgIpc) is 3.80. The zero-order chi connectivity index (χ0) is 42.8. The van der Waals surface area contributed by atoms with Crippen molar-refractivity contribution in [2.75, 3.05) is 55.6 Å². The molecule has 4 aliphatic heterocycles. The average molecular weight is 862 g/mol. The van der Waals surface area contributed by atoms with Crippen LogP contribution in [0.25, 0.3) is 11.3 Å². The van der Waals surface area contributed by atoms with Crippen molar-refractivity contribution in [2.45, 2.75) is 98.6 Å². The largest absolute Gasteiger partial charge is 0.398 e. The van der Waals surface area contributed by atoms with Gasteiger partial charge in [-0.05, 0) is 115 Å². The van der Waals surface area contributed by atoms with Gasteiger partial charge in [0.25, 0.3) is 11.8 Å². The van der Waals surface area contributed by atoms with Gasteiger partial charge in [-0.3, -0.25) is 9.59 Å². The first kappa shape index (κ1) is 44.3. The van der Waals surface area contributed by atoms with E-state index in [-0.39, 0.29) is 31.3 Å². The lowest BCUT2D eigenvalue weighted by Gasteiger charge is -2.35. The maximum absolute atomic E-state index is 13.5. The van der Waals surface area contributed by atoms with Crippen LogP contribution in [0.1, 0.15) is 125 Å². The SMILES string of the molecule is C.C1CNC1.Cc1cn2nc([C@@H]3CCCCN3C(=O)c3c(C)cccc3N)cc2nc1Cl.Cc1cn2nc([C@@H]3CCCCN3C(=O)c3c(C)cccc3N)cc2nc1N1CCC1. The quantitative estimate of drug-likeness (QED) is 0.114. The molecule has 0 aliphatic carbocycles. The fraction of sp³-hybridized carbons (Fsp3) is 0.447. The molecule has 6 aromatic rings. The molecule has 62 heavy (non-hydrogen) atoms. The van der Waals surface area contributed by atoms with Crippen molar-refractivity contribution < 1.29 is 9.59 Å². The minimum atomic E-state index is -0.0916. The molecule has 4 fully saturated rings. The number of carbonyl (C=O) groups is 2. The second kappa shape index (κ2) is 19.1. The number of likely N-dealkylation sites (tertiary alicyclic amines) is 2. The van der Waals surface area contributed by atoms with Crippen molar-refractivity contribution in [2.24, 2.45) is 0 Å². The molecule has 4 aliphatic rings. The monoisotopic (exact) mass is 860 g/mol. The molecule has 2 atom stereocenters. The van der Waals surface area contributed by atoms with E-state index >= 15 is 0 Å². The highest BCUT2D eigenvalue weighted by atomic mass is 35.5. The van der Waals surface area contributed by atoms with E-state index in [1.54, 1.807) is 16.6 Å². The number of aryl methyl sites for hydroxylation is 4. The van der Waals surface area contributed by atoms with Crippen LogP contribution in [0.2, 0.25) is 5.15 Å². The molecule has 2 aromatic carbocycles. The lowest BCUT2D eigenvalue weighted by Crippen LogP contribution is -2.39. The fourth-order valence-corrected chi connectivity index (χ4v) is 8.73. The number of nitrogens with zero attached hydrogens (tertiary/aromatic N) is 9. The van der Waals surface area contributed by atoms with E-state index < -0.39 is 0 Å². The molecular formula is C47H61ClN12O2. The third kappa shape index (κ3) is 9.07. The topological polar surface area (TPSA) is 168 Å². The Bertz CT molecular complexity index is 2480. The summed E-state index contributed by atoms with van der Waals surface area (Å²) in [4.78, 5) is 42.2. The molecule has 0 radical (unpaired) electrons. The van der Waals surface area contributed by atoms with Crippen LogP contribution in [0.4, 0.5) is 17.2 Å². The Morgan fingerprint density at radius 1 is 0.645 bits per heavy atom. The first-order valence-electron chi connectivity index (χ1n) is 21.7. The summed E-state index contributed by atoms with van der Waals surface area (Å²) in [5.74, 6) is 1.01. The molecule has 2 amide bonds. The molecule has 4 aromatic heterocycles. The first-order valence-corrected chi connectivity index (χ1v) is 22.0. The smallest absolute Gasteiger partial charge is 0.256 e. The van der Waals surface area contributed by atoms with Crippen molar-refractivity contribution in [3.63, 3.8) is 0 Å². The van der Waals surface area contributed by atoms with Crippen molar-refractivity contribution in [3.8, 4) is 0 Å². The van der Waals surface area contributed by atoms with Crippen LogP contribution < -0.4 is 21.7 Å². The molecule has 8 heterocycles. The number of halogens is 1. The van der Waals surface area contributed by atoms with E-state index in [1.165, 1.54) is 25.9 Å². The minimum Gasteiger partial charge on any atom is -0.398 e. The maximum atomic E-state index is 13.5. The predicted molar refractivity (Wildman–Crippen MR) is 248 cm³/mol. The summed E-state index contributed by atoms with van der Waals surface area (Å²) < 4.78 is 3.59. The number of hydrogen-bond donors (Lipinski definition) is 3. The molecule has 0 unspecified atom stereocenters. The van der Waals surface area contributed by atoms with Gasteiger partial charge < -0.3 is 31.5 Å².